The Bertz CT molecular complexity index is 790. The average molecular weight is 541 g/mol. The van der Waals surface area contributed by atoms with Crippen molar-refractivity contribution in [3.8, 4) is 5.75 Å². The van der Waals surface area contributed by atoms with E-state index in [1.165, 1.54) is 63.1 Å². The molecule has 1 aliphatic carbocycles. The maximum atomic E-state index is 14.3. The summed E-state index contributed by atoms with van der Waals surface area (Å²) >= 11 is 0. The lowest BCUT2D eigenvalue weighted by Gasteiger charge is -2.30. The summed E-state index contributed by atoms with van der Waals surface area (Å²) in [5.74, 6) is -7.43. The number of hydrogen-bond donors (Lipinski definition) is 0. The molecule has 1 aliphatic heterocycles. The molecule has 1 aromatic rings. The van der Waals surface area contributed by atoms with E-state index in [0.717, 1.165) is 43.7 Å². The molecule has 0 radical (unpaired) electrons. The van der Waals surface area contributed by atoms with Crippen molar-refractivity contribution in [1.29, 1.82) is 0 Å². The van der Waals surface area contributed by atoms with Crippen LogP contribution < -0.4 is 4.74 Å². The lowest BCUT2D eigenvalue weighted by molar-refractivity contribution is -0.290. The topological polar surface area (TPSA) is 9.23 Å². The predicted molar refractivity (Wildman–Crippen MR) is 131 cm³/mol. The number of halogens is 7. The molecule has 0 bridgehead atoms. The lowest BCUT2D eigenvalue weighted by atomic mass is 9.77. The Hall–Kier alpha value is -1.25. The fourth-order valence-electron chi connectivity index (χ4n) is 6.07. The molecule has 1 saturated heterocycles. The van der Waals surface area contributed by atoms with Crippen molar-refractivity contribution >= 4 is 8.80 Å². The number of ether oxygens (including phenoxy) is 1. The fraction of sp³-hybridized carbons (Fsp3) is 0.778. The summed E-state index contributed by atoms with van der Waals surface area (Å²) in [6.45, 7) is 0.128. The van der Waals surface area contributed by atoms with E-state index in [2.05, 4.69) is 11.7 Å². The fourth-order valence-corrected chi connectivity index (χ4v) is 9.63. The van der Waals surface area contributed by atoms with Crippen LogP contribution in [0.2, 0.25) is 18.1 Å². The molecule has 0 N–H and O–H groups in total. The van der Waals surface area contributed by atoms with E-state index in [0.29, 0.717) is 11.5 Å². The first-order chi connectivity index (χ1) is 17.0. The minimum absolute atomic E-state index is 0.0570. The average Bonchev–Trinajstić information content (AvgIpc) is 2.82. The minimum atomic E-state index is -5.85. The monoisotopic (exact) mass is 540 g/mol. The van der Waals surface area contributed by atoms with Crippen LogP contribution in [0.15, 0.2) is 12.1 Å². The van der Waals surface area contributed by atoms with Crippen LogP contribution in [0.3, 0.4) is 0 Å². The molecule has 3 rings (SSSR count). The number of hydrogen-bond acceptors (Lipinski definition) is 1. The highest BCUT2D eigenvalue weighted by atomic mass is 28.3. The van der Waals surface area contributed by atoms with Gasteiger partial charge in [-0.05, 0) is 61.1 Å². The van der Waals surface area contributed by atoms with Crippen LogP contribution in [0.25, 0.3) is 0 Å². The van der Waals surface area contributed by atoms with Crippen LogP contribution in [0.5, 0.6) is 5.75 Å². The summed E-state index contributed by atoms with van der Waals surface area (Å²) in [6.07, 6.45) is 6.87. The molecule has 36 heavy (non-hydrogen) atoms. The van der Waals surface area contributed by atoms with Gasteiger partial charge in [-0.2, -0.15) is 22.0 Å². The minimum Gasteiger partial charge on any atom is -0.481 e. The molecule has 0 spiro atoms. The van der Waals surface area contributed by atoms with E-state index in [1.807, 2.05) is 0 Å². The first kappa shape index (κ1) is 29.3. The Morgan fingerprint density at radius 2 is 1.36 bits per heavy atom. The molecule has 1 saturated carbocycles. The van der Waals surface area contributed by atoms with Gasteiger partial charge >= 0.3 is 12.1 Å². The zero-order valence-corrected chi connectivity index (χ0v) is 22.3. The molecular formula is C27H39F7OSi. The molecule has 1 nitrogen and oxygen atoms in total. The van der Waals surface area contributed by atoms with Gasteiger partial charge in [0.2, 0.25) is 0 Å². The van der Waals surface area contributed by atoms with Crippen molar-refractivity contribution in [2.24, 2.45) is 11.8 Å². The predicted octanol–water partition coefficient (Wildman–Crippen LogP) is 9.42. The van der Waals surface area contributed by atoms with Gasteiger partial charge in [-0.15, -0.1) is 0 Å². The van der Waals surface area contributed by atoms with E-state index in [9.17, 15) is 30.7 Å². The first-order valence-electron chi connectivity index (χ1n) is 13.6. The Kier molecular flexibility index (Phi) is 10.6. The second-order valence-corrected chi connectivity index (χ2v) is 14.4. The van der Waals surface area contributed by atoms with Gasteiger partial charge < -0.3 is 4.74 Å². The highest BCUT2D eigenvalue weighted by molar-refractivity contribution is 6.58. The van der Waals surface area contributed by atoms with Crippen molar-refractivity contribution in [1.82, 2.24) is 0 Å². The molecule has 2 fully saturated rings. The van der Waals surface area contributed by atoms with Gasteiger partial charge in [0, 0.05) is 8.80 Å². The van der Waals surface area contributed by atoms with Crippen molar-refractivity contribution in [3.63, 3.8) is 0 Å². The van der Waals surface area contributed by atoms with E-state index < -0.39 is 44.9 Å². The number of alkyl halides is 5. The zero-order chi connectivity index (χ0) is 26.3. The summed E-state index contributed by atoms with van der Waals surface area (Å²) in [6, 6.07) is 6.57. The van der Waals surface area contributed by atoms with Gasteiger partial charge in [-0.3, -0.25) is 0 Å². The summed E-state index contributed by atoms with van der Waals surface area (Å²) in [5, 5.41) is 0. The van der Waals surface area contributed by atoms with Crippen LogP contribution >= 0.6 is 0 Å². The largest absolute Gasteiger partial charge is 0.481 e. The molecule has 0 atom stereocenters. The molecular weight excluding hydrogens is 501 g/mol. The molecule has 206 valence electrons. The van der Waals surface area contributed by atoms with Crippen LogP contribution in [0.4, 0.5) is 30.7 Å². The summed E-state index contributed by atoms with van der Waals surface area (Å²) in [4.78, 5) is 0. The highest BCUT2D eigenvalue weighted by Gasteiger charge is 2.58. The van der Waals surface area contributed by atoms with Crippen molar-refractivity contribution in [2.75, 3.05) is 6.61 Å². The highest BCUT2D eigenvalue weighted by Crippen LogP contribution is 2.41. The number of rotatable bonds is 11. The lowest BCUT2D eigenvalue weighted by Crippen LogP contribution is -2.42. The maximum absolute atomic E-state index is 14.3. The van der Waals surface area contributed by atoms with E-state index in [-0.39, 0.29) is 5.92 Å². The van der Waals surface area contributed by atoms with E-state index >= 15 is 0 Å². The maximum Gasteiger partial charge on any atom is 0.456 e. The molecule has 1 aromatic carbocycles. The van der Waals surface area contributed by atoms with Crippen LogP contribution in [-0.2, 0) is 0 Å². The van der Waals surface area contributed by atoms with Crippen LogP contribution in [-0.4, -0.2) is 27.5 Å². The normalized spacial score (nSPS) is 25.7. The first-order valence-corrected chi connectivity index (χ1v) is 16.0. The molecule has 0 aromatic heterocycles. The second kappa shape index (κ2) is 13.0. The quantitative estimate of drug-likeness (QED) is 0.154. The van der Waals surface area contributed by atoms with Gasteiger partial charge in [0.1, 0.15) is 0 Å². The number of benzene rings is 1. The number of unbranched alkanes of at least 4 members (excludes halogenated alkanes) is 1. The van der Waals surface area contributed by atoms with Gasteiger partial charge in [-0.25, -0.2) is 8.78 Å². The Morgan fingerprint density at radius 1 is 0.833 bits per heavy atom. The summed E-state index contributed by atoms with van der Waals surface area (Å²) < 4.78 is 95.8. The molecule has 9 heteroatoms. The van der Waals surface area contributed by atoms with Crippen molar-refractivity contribution < 1.29 is 35.5 Å². The van der Waals surface area contributed by atoms with Gasteiger partial charge in [-0.1, -0.05) is 70.0 Å². The summed E-state index contributed by atoms with van der Waals surface area (Å²) in [5.41, 5.74) is 0.403. The third-order valence-corrected chi connectivity index (χ3v) is 12.0. The zero-order valence-electron chi connectivity index (χ0n) is 21.1. The smallest absolute Gasteiger partial charge is 0.456 e. The molecule has 1 heterocycles. The van der Waals surface area contributed by atoms with Gasteiger partial charge in [0.25, 0.3) is 0 Å². The van der Waals surface area contributed by atoms with Gasteiger partial charge in [0.15, 0.2) is 24.0 Å². The van der Waals surface area contributed by atoms with Crippen LogP contribution in [0.1, 0.15) is 89.0 Å². The van der Waals surface area contributed by atoms with E-state index in [1.54, 1.807) is 0 Å². The molecule has 2 aliphatic rings. The second-order valence-electron chi connectivity index (χ2n) is 11.0. The third kappa shape index (κ3) is 8.12. The Labute approximate surface area is 211 Å². The van der Waals surface area contributed by atoms with Crippen molar-refractivity contribution in [2.45, 2.75) is 114 Å². The molecule has 0 unspecified atom stereocenters. The van der Waals surface area contributed by atoms with E-state index in [4.69, 9.17) is 0 Å². The summed E-state index contributed by atoms with van der Waals surface area (Å²) in [7, 11) is -0.413. The molecule has 0 amide bonds. The third-order valence-electron chi connectivity index (χ3n) is 8.29. The Morgan fingerprint density at radius 3 is 1.86 bits per heavy atom. The van der Waals surface area contributed by atoms with Gasteiger partial charge in [0.05, 0.1) is 0 Å². The Balaban J connectivity index is 1.39. The standard InChI is InChI=1S/C27H39F7OSi/c1-2-13-36-14-11-20(12-15-36)6-4-3-5-19-7-9-21(10-8-19)22-16-23(28)25(24(29)17-22)35-18-26(30,31)27(32,33)34/h16-17,19-21,36H,2-15,18H2,1H3/t19-,20?,21-,36?. The van der Waals surface area contributed by atoms with Crippen LogP contribution in [0, 0.1) is 23.5 Å². The SMILES string of the molecule is CCC[SiH]1CCC(CCCC[C@H]2CC[C@H](c3cc(F)c(OCC(F)(F)C(F)(F)F)c(F)c3)CC2)CC1. The van der Waals surface area contributed by atoms with Crippen molar-refractivity contribution in [3.05, 3.63) is 29.3 Å².